The van der Waals surface area contributed by atoms with Gasteiger partial charge in [-0.15, -0.1) is 10.2 Å². The Hall–Kier alpha value is -2.29. The first kappa shape index (κ1) is 24.4. The highest BCUT2D eigenvalue weighted by atomic mass is 35.5. The number of ether oxygens (including phenoxy) is 1. The van der Waals surface area contributed by atoms with Crippen LogP contribution in [0.2, 0.25) is 10.0 Å². The van der Waals surface area contributed by atoms with Crippen molar-refractivity contribution in [2.45, 2.75) is 44.5 Å². The van der Waals surface area contributed by atoms with Crippen LogP contribution in [0.5, 0.6) is 5.75 Å². The third kappa shape index (κ3) is 6.15. The maximum atomic E-state index is 13.2. The van der Waals surface area contributed by atoms with E-state index in [2.05, 4.69) is 29.4 Å². The normalized spacial score (nSPS) is 11.1. The molecule has 0 aliphatic carbocycles. The van der Waals surface area contributed by atoms with Crippen molar-refractivity contribution in [3.05, 3.63) is 64.2 Å². The lowest BCUT2D eigenvalue weighted by atomic mass is 10.2. The minimum Gasteiger partial charge on any atom is -0.484 e. The van der Waals surface area contributed by atoms with Crippen molar-refractivity contribution in [1.29, 1.82) is 0 Å². The number of carbonyl (C=O) groups excluding carboxylic acids is 1. The standard InChI is InChI=1S/C22H23Cl2FN4O2S/c1-3-15(4-2)29-20(12-31-19-8-6-5-7-16(19)23)27-28-22(29)32-13-21(30)26-18-10-9-14(25)11-17(18)24/h5-11,15H,3-4,12-13H2,1-2H3,(H,26,30). The number of benzene rings is 2. The molecule has 0 saturated heterocycles. The zero-order valence-corrected chi connectivity index (χ0v) is 20.0. The molecule has 2 aromatic carbocycles. The average Bonchev–Trinajstić information content (AvgIpc) is 3.17. The molecule has 3 rings (SSSR count). The highest BCUT2D eigenvalue weighted by Crippen LogP contribution is 2.29. The molecule has 1 amide bonds. The van der Waals surface area contributed by atoms with Crippen LogP contribution in [0.15, 0.2) is 47.6 Å². The number of para-hydroxylation sites is 1. The molecule has 0 fully saturated rings. The molecule has 0 saturated carbocycles. The fraction of sp³-hybridized carbons (Fsp3) is 0.318. The zero-order chi connectivity index (χ0) is 23.1. The minimum atomic E-state index is -0.466. The van der Waals surface area contributed by atoms with Gasteiger partial charge in [-0.3, -0.25) is 4.79 Å². The van der Waals surface area contributed by atoms with Crippen molar-refractivity contribution < 1.29 is 13.9 Å². The van der Waals surface area contributed by atoms with Gasteiger partial charge in [0.2, 0.25) is 5.91 Å². The second-order valence-electron chi connectivity index (χ2n) is 6.92. The largest absolute Gasteiger partial charge is 0.484 e. The van der Waals surface area contributed by atoms with Crippen LogP contribution in [0.4, 0.5) is 10.1 Å². The Morgan fingerprint density at radius 2 is 1.91 bits per heavy atom. The molecule has 1 N–H and O–H groups in total. The summed E-state index contributed by atoms with van der Waals surface area (Å²) in [5.74, 6) is 0.571. The van der Waals surface area contributed by atoms with Crippen LogP contribution >= 0.6 is 35.0 Å². The second kappa shape index (κ2) is 11.5. The third-order valence-electron chi connectivity index (χ3n) is 4.77. The van der Waals surface area contributed by atoms with E-state index in [0.717, 1.165) is 18.9 Å². The molecular formula is C22H23Cl2FN4O2S. The van der Waals surface area contributed by atoms with E-state index in [9.17, 15) is 9.18 Å². The van der Waals surface area contributed by atoms with Crippen LogP contribution in [0.25, 0.3) is 0 Å². The van der Waals surface area contributed by atoms with Crippen LogP contribution in [0.1, 0.15) is 38.6 Å². The molecule has 10 heteroatoms. The van der Waals surface area contributed by atoms with Crippen LogP contribution < -0.4 is 10.1 Å². The number of halogens is 3. The van der Waals surface area contributed by atoms with Crippen LogP contribution in [0.3, 0.4) is 0 Å². The molecule has 6 nitrogen and oxygen atoms in total. The quantitative estimate of drug-likeness (QED) is 0.329. The lowest BCUT2D eigenvalue weighted by Gasteiger charge is -2.19. The molecule has 0 aliphatic rings. The number of hydrogen-bond acceptors (Lipinski definition) is 5. The number of nitrogens with one attached hydrogen (secondary N) is 1. The Morgan fingerprint density at radius 3 is 2.59 bits per heavy atom. The molecule has 1 aromatic heterocycles. The first-order valence-electron chi connectivity index (χ1n) is 10.1. The topological polar surface area (TPSA) is 69.0 Å². The second-order valence-corrected chi connectivity index (χ2v) is 8.68. The van der Waals surface area contributed by atoms with Gasteiger partial charge in [0.05, 0.1) is 21.5 Å². The number of rotatable bonds is 10. The van der Waals surface area contributed by atoms with Gasteiger partial charge in [-0.2, -0.15) is 0 Å². The van der Waals surface area contributed by atoms with Gasteiger partial charge in [0.1, 0.15) is 18.2 Å². The highest BCUT2D eigenvalue weighted by molar-refractivity contribution is 7.99. The van der Waals surface area contributed by atoms with E-state index >= 15 is 0 Å². The van der Waals surface area contributed by atoms with Crippen molar-refractivity contribution in [2.24, 2.45) is 0 Å². The van der Waals surface area contributed by atoms with Gasteiger partial charge in [0.25, 0.3) is 0 Å². The third-order valence-corrected chi connectivity index (χ3v) is 6.34. The molecule has 170 valence electrons. The number of hydrogen-bond donors (Lipinski definition) is 1. The number of thioether (sulfide) groups is 1. The Morgan fingerprint density at radius 1 is 1.16 bits per heavy atom. The summed E-state index contributed by atoms with van der Waals surface area (Å²) in [7, 11) is 0. The lowest BCUT2D eigenvalue weighted by Crippen LogP contribution is -2.17. The van der Waals surface area contributed by atoms with E-state index < -0.39 is 5.82 Å². The Labute approximate surface area is 200 Å². The Balaban J connectivity index is 1.71. The molecule has 3 aromatic rings. The summed E-state index contributed by atoms with van der Waals surface area (Å²) in [6, 6.07) is 11.2. The van der Waals surface area contributed by atoms with E-state index in [0.29, 0.717) is 27.4 Å². The van der Waals surface area contributed by atoms with Gasteiger partial charge in [-0.05, 0) is 43.2 Å². The summed E-state index contributed by atoms with van der Waals surface area (Å²) in [6.45, 7) is 4.38. The lowest BCUT2D eigenvalue weighted by molar-refractivity contribution is -0.113. The number of carbonyl (C=O) groups is 1. The minimum absolute atomic E-state index is 0.0946. The van der Waals surface area contributed by atoms with Crippen molar-refractivity contribution in [2.75, 3.05) is 11.1 Å². The fourth-order valence-electron chi connectivity index (χ4n) is 3.14. The number of amides is 1. The molecule has 0 aliphatic heterocycles. The van der Waals surface area contributed by atoms with E-state index in [1.54, 1.807) is 12.1 Å². The Kier molecular flexibility index (Phi) is 8.78. The zero-order valence-electron chi connectivity index (χ0n) is 17.6. The maximum Gasteiger partial charge on any atom is 0.234 e. The average molecular weight is 497 g/mol. The van der Waals surface area contributed by atoms with Gasteiger partial charge in [-0.1, -0.05) is 60.9 Å². The maximum absolute atomic E-state index is 13.2. The van der Waals surface area contributed by atoms with Crippen molar-refractivity contribution >= 4 is 46.6 Å². The first-order chi connectivity index (χ1) is 15.4. The van der Waals surface area contributed by atoms with Gasteiger partial charge in [0, 0.05) is 6.04 Å². The summed E-state index contributed by atoms with van der Waals surface area (Å²) < 4.78 is 21.1. The molecule has 0 unspecified atom stereocenters. The van der Waals surface area contributed by atoms with Crippen LogP contribution in [-0.2, 0) is 11.4 Å². The molecule has 0 spiro atoms. The molecule has 0 atom stereocenters. The van der Waals surface area contributed by atoms with E-state index in [1.165, 1.54) is 23.9 Å². The SMILES string of the molecule is CCC(CC)n1c(COc2ccccc2Cl)nnc1SCC(=O)Nc1ccc(F)cc1Cl. The van der Waals surface area contributed by atoms with E-state index in [1.807, 2.05) is 16.7 Å². The van der Waals surface area contributed by atoms with Crippen molar-refractivity contribution in [1.82, 2.24) is 14.8 Å². The smallest absolute Gasteiger partial charge is 0.234 e. The summed E-state index contributed by atoms with van der Waals surface area (Å²) >= 11 is 13.4. The fourth-order valence-corrected chi connectivity index (χ4v) is 4.37. The van der Waals surface area contributed by atoms with E-state index in [4.69, 9.17) is 27.9 Å². The van der Waals surface area contributed by atoms with E-state index in [-0.39, 0.29) is 29.3 Å². The summed E-state index contributed by atoms with van der Waals surface area (Å²) in [6.07, 6.45) is 1.75. The number of nitrogens with zero attached hydrogens (tertiary/aromatic N) is 3. The summed E-state index contributed by atoms with van der Waals surface area (Å²) in [5.41, 5.74) is 0.356. The van der Waals surface area contributed by atoms with Gasteiger partial charge in [0.15, 0.2) is 11.0 Å². The van der Waals surface area contributed by atoms with Crippen molar-refractivity contribution in [3.63, 3.8) is 0 Å². The van der Waals surface area contributed by atoms with Gasteiger partial charge >= 0.3 is 0 Å². The van der Waals surface area contributed by atoms with Crippen molar-refractivity contribution in [3.8, 4) is 5.75 Å². The highest BCUT2D eigenvalue weighted by Gasteiger charge is 2.20. The van der Waals surface area contributed by atoms with Crippen LogP contribution in [-0.4, -0.2) is 26.4 Å². The van der Waals surface area contributed by atoms with Gasteiger partial charge in [-0.25, -0.2) is 4.39 Å². The monoisotopic (exact) mass is 496 g/mol. The molecule has 1 heterocycles. The predicted molar refractivity (Wildman–Crippen MR) is 126 cm³/mol. The number of aromatic nitrogens is 3. The van der Waals surface area contributed by atoms with Gasteiger partial charge < -0.3 is 14.6 Å². The number of anilines is 1. The molecule has 0 bridgehead atoms. The molecule has 32 heavy (non-hydrogen) atoms. The van der Waals surface area contributed by atoms with Crippen LogP contribution in [0, 0.1) is 5.82 Å². The molecule has 0 radical (unpaired) electrons. The summed E-state index contributed by atoms with van der Waals surface area (Å²) in [5, 5.41) is 12.5. The Bertz CT molecular complexity index is 1080. The predicted octanol–water partition coefficient (Wildman–Crippen LogP) is 6.39. The molecular weight excluding hydrogens is 474 g/mol. The summed E-state index contributed by atoms with van der Waals surface area (Å²) in [4.78, 5) is 12.4. The first-order valence-corrected chi connectivity index (χ1v) is 11.9.